The molecule has 7 heteroatoms. The van der Waals surface area contributed by atoms with Crippen LogP contribution in [-0.2, 0) is 10.0 Å². The highest BCUT2D eigenvalue weighted by Crippen LogP contribution is 2.15. The molecule has 0 saturated heterocycles. The average Bonchev–Trinajstić information content (AvgIpc) is 2.76. The maximum Gasteiger partial charge on any atom is 0.283 e. The molecule has 17 heavy (non-hydrogen) atoms. The average molecular weight is 248 g/mol. The molecule has 2 rings (SSSR count). The summed E-state index contributed by atoms with van der Waals surface area (Å²) in [5.41, 5.74) is 5.63. The fourth-order valence-corrected chi connectivity index (χ4v) is 2.45. The molecule has 0 aliphatic rings. The third-order valence-corrected chi connectivity index (χ3v) is 3.64. The van der Waals surface area contributed by atoms with Crippen molar-refractivity contribution in [3.05, 3.63) is 42.1 Å². The Labute approximate surface area is 98.0 Å². The van der Waals surface area contributed by atoms with E-state index in [4.69, 9.17) is 11.0 Å². The van der Waals surface area contributed by atoms with E-state index < -0.39 is 10.0 Å². The van der Waals surface area contributed by atoms with E-state index in [0.717, 1.165) is 4.09 Å². The van der Waals surface area contributed by atoms with Crippen LogP contribution < -0.4 is 5.73 Å². The highest BCUT2D eigenvalue weighted by Gasteiger charge is 2.17. The second kappa shape index (κ2) is 3.92. The molecule has 0 unspecified atom stereocenters. The Bertz CT molecular complexity index is 697. The van der Waals surface area contributed by atoms with Crippen molar-refractivity contribution in [2.45, 2.75) is 4.90 Å². The molecule has 0 fully saturated rings. The summed E-state index contributed by atoms with van der Waals surface area (Å²) in [6.45, 7) is 0. The van der Waals surface area contributed by atoms with E-state index in [1.807, 2.05) is 6.07 Å². The summed E-state index contributed by atoms with van der Waals surface area (Å²) in [6, 6.07) is 8.96. The van der Waals surface area contributed by atoms with Gasteiger partial charge in [-0.3, -0.25) is 0 Å². The molecular formula is C10H8N4O2S. The number of nitriles is 1. The quantitative estimate of drug-likeness (QED) is 0.837. The van der Waals surface area contributed by atoms with Crippen molar-refractivity contribution in [1.29, 1.82) is 5.26 Å². The van der Waals surface area contributed by atoms with E-state index in [-0.39, 0.29) is 16.3 Å². The molecule has 0 amide bonds. The van der Waals surface area contributed by atoms with E-state index in [1.165, 1.54) is 36.5 Å². The summed E-state index contributed by atoms with van der Waals surface area (Å²) >= 11 is 0. The molecule has 0 saturated carbocycles. The molecule has 2 aromatic rings. The van der Waals surface area contributed by atoms with Crippen LogP contribution in [0.5, 0.6) is 0 Å². The van der Waals surface area contributed by atoms with Gasteiger partial charge in [-0.15, -0.1) is 5.10 Å². The molecule has 1 aromatic heterocycles. The lowest BCUT2D eigenvalue weighted by Gasteiger charge is -2.03. The van der Waals surface area contributed by atoms with Gasteiger partial charge in [0.15, 0.2) is 0 Å². The fraction of sp³-hybridized carbons (Fsp3) is 0. The zero-order valence-corrected chi connectivity index (χ0v) is 9.42. The topological polar surface area (TPSA) is 102 Å². The van der Waals surface area contributed by atoms with E-state index in [0.29, 0.717) is 0 Å². The molecule has 6 nitrogen and oxygen atoms in total. The minimum atomic E-state index is -3.78. The number of benzene rings is 1. The number of hydrogen-bond donors (Lipinski definition) is 1. The SMILES string of the molecule is N#Cc1cccc(S(=O)(=O)n2ccc(N)n2)c1. The van der Waals surface area contributed by atoms with Gasteiger partial charge < -0.3 is 5.73 Å². The first-order valence-electron chi connectivity index (χ1n) is 4.61. The molecular weight excluding hydrogens is 240 g/mol. The second-order valence-electron chi connectivity index (χ2n) is 3.26. The van der Waals surface area contributed by atoms with Crippen LogP contribution in [0.4, 0.5) is 5.82 Å². The van der Waals surface area contributed by atoms with Gasteiger partial charge in [0.1, 0.15) is 5.82 Å². The summed E-state index contributed by atoms with van der Waals surface area (Å²) in [6.07, 6.45) is 1.25. The van der Waals surface area contributed by atoms with Crippen LogP contribution in [0.3, 0.4) is 0 Å². The minimum Gasteiger partial charge on any atom is -0.382 e. The van der Waals surface area contributed by atoms with Gasteiger partial charge >= 0.3 is 0 Å². The third kappa shape index (κ3) is 1.98. The molecule has 2 N–H and O–H groups in total. The molecule has 0 aliphatic carbocycles. The van der Waals surface area contributed by atoms with Crippen LogP contribution in [0.25, 0.3) is 0 Å². The molecule has 86 valence electrons. The lowest BCUT2D eigenvalue weighted by molar-refractivity contribution is 0.580. The first-order valence-corrected chi connectivity index (χ1v) is 6.05. The van der Waals surface area contributed by atoms with Crippen molar-refractivity contribution in [3.63, 3.8) is 0 Å². The lowest BCUT2D eigenvalue weighted by atomic mass is 10.2. The fourth-order valence-electron chi connectivity index (χ4n) is 1.29. The van der Waals surface area contributed by atoms with Gasteiger partial charge in [-0.1, -0.05) is 6.07 Å². The zero-order valence-electron chi connectivity index (χ0n) is 8.61. The van der Waals surface area contributed by atoms with Crippen molar-refractivity contribution >= 4 is 15.8 Å². The molecule has 0 aliphatic heterocycles. The molecule has 0 radical (unpaired) electrons. The maximum absolute atomic E-state index is 12.1. The van der Waals surface area contributed by atoms with Gasteiger partial charge in [0, 0.05) is 12.3 Å². The lowest BCUT2D eigenvalue weighted by Crippen LogP contribution is -2.14. The number of anilines is 1. The van der Waals surface area contributed by atoms with Crippen molar-refractivity contribution in [3.8, 4) is 6.07 Å². The Balaban J connectivity index is 2.56. The normalized spacial score (nSPS) is 11.0. The molecule has 0 bridgehead atoms. The van der Waals surface area contributed by atoms with Gasteiger partial charge in [0.25, 0.3) is 10.0 Å². The van der Waals surface area contributed by atoms with Gasteiger partial charge in [-0.25, -0.2) is 0 Å². The van der Waals surface area contributed by atoms with Crippen molar-refractivity contribution in [2.24, 2.45) is 0 Å². The highest BCUT2D eigenvalue weighted by molar-refractivity contribution is 7.89. The number of nitrogens with two attached hydrogens (primary N) is 1. The summed E-state index contributed by atoms with van der Waals surface area (Å²) in [4.78, 5) is -0.000324. The van der Waals surface area contributed by atoms with Crippen molar-refractivity contribution < 1.29 is 8.42 Å². The largest absolute Gasteiger partial charge is 0.382 e. The van der Waals surface area contributed by atoms with Crippen LogP contribution in [0.1, 0.15) is 5.56 Å². The first kappa shape index (κ1) is 11.2. The molecule has 0 spiro atoms. The van der Waals surface area contributed by atoms with Gasteiger partial charge in [-0.2, -0.15) is 17.8 Å². The van der Waals surface area contributed by atoms with Crippen LogP contribution in [0, 0.1) is 11.3 Å². The number of aromatic nitrogens is 2. The summed E-state index contributed by atoms with van der Waals surface area (Å²) in [5, 5.41) is 12.4. The van der Waals surface area contributed by atoms with Crippen LogP contribution in [-0.4, -0.2) is 17.6 Å². The minimum absolute atomic E-state index is 0.000324. The first-order chi connectivity index (χ1) is 8.04. The smallest absolute Gasteiger partial charge is 0.283 e. The number of nitrogen functional groups attached to an aromatic ring is 1. The van der Waals surface area contributed by atoms with Crippen LogP contribution >= 0.6 is 0 Å². The van der Waals surface area contributed by atoms with Gasteiger partial charge in [-0.05, 0) is 18.2 Å². The standard InChI is InChI=1S/C10H8N4O2S/c11-7-8-2-1-3-9(6-8)17(15,16)14-5-4-10(12)13-14/h1-6H,(H2,12,13). The van der Waals surface area contributed by atoms with Gasteiger partial charge in [0.2, 0.25) is 0 Å². The van der Waals surface area contributed by atoms with E-state index in [2.05, 4.69) is 5.10 Å². The maximum atomic E-state index is 12.1. The Hall–Kier alpha value is -2.33. The monoisotopic (exact) mass is 248 g/mol. The number of rotatable bonds is 2. The van der Waals surface area contributed by atoms with Crippen molar-refractivity contribution in [1.82, 2.24) is 9.19 Å². The summed E-state index contributed by atoms with van der Waals surface area (Å²) in [7, 11) is -3.78. The van der Waals surface area contributed by atoms with E-state index in [9.17, 15) is 8.42 Å². The predicted octanol–water partition coefficient (Wildman–Crippen LogP) is 0.574. The van der Waals surface area contributed by atoms with Gasteiger partial charge in [0.05, 0.1) is 16.5 Å². The molecule has 0 atom stereocenters. The van der Waals surface area contributed by atoms with E-state index >= 15 is 0 Å². The van der Waals surface area contributed by atoms with Crippen LogP contribution in [0.2, 0.25) is 0 Å². The Morgan fingerprint density at radius 2 is 2.12 bits per heavy atom. The van der Waals surface area contributed by atoms with Crippen LogP contribution in [0.15, 0.2) is 41.4 Å². The second-order valence-corrected chi connectivity index (χ2v) is 5.05. The summed E-state index contributed by atoms with van der Waals surface area (Å²) < 4.78 is 24.9. The Kier molecular flexibility index (Phi) is 2.57. The van der Waals surface area contributed by atoms with Crippen molar-refractivity contribution in [2.75, 3.05) is 5.73 Å². The van der Waals surface area contributed by atoms with E-state index in [1.54, 1.807) is 0 Å². The molecule has 1 heterocycles. The summed E-state index contributed by atoms with van der Waals surface area (Å²) in [5.74, 6) is 0.116. The third-order valence-electron chi connectivity index (χ3n) is 2.09. The number of nitrogens with zero attached hydrogens (tertiary/aromatic N) is 3. The zero-order chi connectivity index (χ0) is 12.5. The predicted molar refractivity (Wildman–Crippen MR) is 60.4 cm³/mol. The number of hydrogen-bond acceptors (Lipinski definition) is 5. The highest BCUT2D eigenvalue weighted by atomic mass is 32.2. The molecule has 1 aromatic carbocycles. The Morgan fingerprint density at radius 1 is 1.35 bits per heavy atom. The Morgan fingerprint density at radius 3 is 2.71 bits per heavy atom.